The summed E-state index contributed by atoms with van der Waals surface area (Å²) in [7, 11) is 1.53. The highest BCUT2D eigenvalue weighted by molar-refractivity contribution is 6.39. The Morgan fingerprint density at radius 3 is 2.70 bits per heavy atom. The van der Waals surface area contributed by atoms with Crippen LogP contribution >= 0.6 is 23.2 Å². The Bertz CT molecular complexity index is 1750. The minimum Gasteiger partial charge on any atom is -0.507 e. The third-order valence-electron chi connectivity index (χ3n) is 7.88. The SMILES string of the molecule is C[C@@H]1CN2c3ncnc4c(F)c(-c5c(O)cccc5Cl)c(Cl)c(c34)OCC[C@H]2CC1N(C)C(=O)n1cnc(OC(F)(F)F)n1. The highest BCUT2D eigenvalue weighted by atomic mass is 35.5. The molecule has 1 N–H and O–H groups in total. The maximum Gasteiger partial charge on any atom is 0.575 e. The topological polar surface area (TPSA) is 119 Å². The number of piperidine rings is 1. The number of aromatic nitrogens is 5. The number of hydrogen-bond acceptors (Lipinski definition) is 9. The number of aromatic hydroxyl groups is 1. The third-order valence-corrected chi connectivity index (χ3v) is 8.56. The molecule has 2 aromatic carbocycles. The van der Waals surface area contributed by atoms with Gasteiger partial charge in [0.25, 0.3) is 0 Å². The first-order valence-electron chi connectivity index (χ1n) is 13.3. The minimum absolute atomic E-state index is 0.00475. The van der Waals surface area contributed by atoms with Crippen LogP contribution in [0.15, 0.2) is 30.9 Å². The fourth-order valence-corrected chi connectivity index (χ4v) is 6.50. The summed E-state index contributed by atoms with van der Waals surface area (Å²) in [6.07, 6.45) is -2.03. The first kappa shape index (κ1) is 29.9. The van der Waals surface area contributed by atoms with Gasteiger partial charge in [-0.3, -0.25) is 0 Å². The van der Waals surface area contributed by atoms with E-state index in [1.54, 1.807) is 0 Å². The Morgan fingerprint density at radius 2 is 1.98 bits per heavy atom. The average Bonchev–Trinajstić information content (AvgIpc) is 3.41. The second kappa shape index (κ2) is 11.1. The number of anilines is 1. The molecule has 1 saturated heterocycles. The summed E-state index contributed by atoms with van der Waals surface area (Å²) in [6, 6.07) is 2.11. The molecule has 6 rings (SSSR count). The molecule has 1 amide bonds. The highest BCUT2D eigenvalue weighted by Gasteiger charge is 2.41. The van der Waals surface area contributed by atoms with Crippen molar-refractivity contribution < 1.29 is 36.9 Å². The summed E-state index contributed by atoms with van der Waals surface area (Å²) in [5.74, 6) is -0.722. The lowest BCUT2D eigenvalue weighted by Gasteiger charge is -2.47. The van der Waals surface area contributed by atoms with Gasteiger partial charge in [-0.2, -0.15) is 9.67 Å². The predicted octanol–water partition coefficient (Wildman–Crippen LogP) is 5.90. The van der Waals surface area contributed by atoms with Crippen molar-refractivity contribution >= 4 is 46.0 Å². The van der Waals surface area contributed by atoms with Crippen LogP contribution in [-0.2, 0) is 0 Å². The molecular formula is C27H23Cl2F4N7O4. The van der Waals surface area contributed by atoms with Crippen molar-refractivity contribution in [2.75, 3.05) is 25.1 Å². The molecule has 232 valence electrons. The number of phenolic OH excluding ortho intramolecular Hbond substituents is 1. The van der Waals surface area contributed by atoms with Gasteiger partial charge in [0, 0.05) is 43.2 Å². The van der Waals surface area contributed by atoms with Crippen LogP contribution in [0.3, 0.4) is 0 Å². The van der Waals surface area contributed by atoms with Crippen LogP contribution in [-0.4, -0.2) is 79.4 Å². The lowest BCUT2D eigenvalue weighted by molar-refractivity contribution is -0.277. The van der Waals surface area contributed by atoms with E-state index in [-0.39, 0.29) is 68.2 Å². The van der Waals surface area contributed by atoms with Gasteiger partial charge in [0.05, 0.1) is 22.0 Å². The number of carbonyl (C=O) groups is 1. The van der Waals surface area contributed by atoms with Gasteiger partial charge in [-0.05, 0) is 24.5 Å². The van der Waals surface area contributed by atoms with Gasteiger partial charge in [0.2, 0.25) is 0 Å². The molecule has 4 aromatic rings. The average molecular weight is 656 g/mol. The van der Waals surface area contributed by atoms with Gasteiger partial charge in [0.1, 0.15) is 29.7 Å². The summed E-state index contributed by atoms with van der Waals surface area (Å²) in [6.45, 7) is 2.45. The van der Waals surface area contributed by atoms with Crippen LogP contribution in [0, 0.1) is 11.7 Å². The number of nitrogens with zero attached hydrogens (tertiary/aromatic N) is 7. The fraction of sp³-hybridized carbons (Fsp3) is 0.370. The lowest BCUT2D eigenvalue weighted by atomic mass is 9.86. The van der Waals surface area contributed by atoms with Crippen molar-refractivity contribution in [2.45, 2.75) is 38.2 Å². The quantitative estimate of drug-likeness (QED) is 0.269. The van der Waals surface area contributed by atoms with E-state index in [1.807, 2.05) is 11.8 Å². The molecule has 1 fully saturated rings. The Labute approximate surface area is 256 Å². The summed E-state index contributed by atoms with van der Waals surface area (Å²) < 4.78 is 64.3. The van der Waals surface area contributed by atoms with Gasteiger partial charge in [0.15, 0.2) is 11.6 Å². The van der Waals surface area contributed by atoms with E-state index in [9.17, 15) is 23.1 Å². The first-order chi connectivity index (χ1) is 20.9. The number of alkyl halides is 3. The molecule has 1 unspecified atom stereocenters. The number of halogens is 6. The van der Waals surface area contributed by atoms with Gasteiger partial charge in [-0.15, -0.1) is 18.3 Å². The van der Waals surface area contributed by atoms with Gasteiger partial charge < -0.3 is 24.4 Å². The van der Waals surface area contributed by atoms with Crippen molar-refractivity contribution in [1.82, 2.24) is 29.6 Å². The first-order valence-corrected chi connectivity index (χ1v) is 14.1. The Kier molecular flexibility index (Phi) is 7.56. The van der Waals surface area contributed by atoms with E-state index in [1.165, 1.54) is 36.5 Å². The molecule has 4 heterocycles. The molecule has 17 heteroatoms. The van der Waals surface area contributed by atoms with Gasteiger partial charge in [-0.25, -0.2) is 19.2 Å². The number of carbonyl (C=O) groups excluding carboxylic acids is 1. The minimum atomic E-state index is -5.00. The number of fused-ring (bicyclic) bond motifs is 2. The van der Waals surface area contributed by atoms with E-state index >= 15 is 4.39 Å². The van der Waals surface area contributed by atoms with E-state index in [0.717, 1.165) is 6.33 Å². The summed E-state index contributed by atoms with van der Waals surface area (Å²) in [4.78, 5) is 28.6. The van der Waals surface area contributed by atoms with Crippen molar-refractivity contribution in [1.29, 1.82) is 0 Å². The molecule has 0 saturated carbocycles. The molecule has 0 spiro atoms. The number of ether oxygens (including phenoxy) is 2. The molecule has 3 atom stereocenters. The maximum atomic E-state index is 16.2. The van der Waals surface area contributed by atoms with Crippen molar-refractivity contribution in [3.8, 4) is 28.6 Å². The maximum absolute atomic E-state index is 16.2. The van der Waals surface area contributed by atoms with Gasteiger partial charge in [-0.1, -0.05) is 36.2 Å². The summed E-state index contributed by atoms with van der Waals surface area (Å²) in [5, 5.41) is 14.3. The second-order valence-electron chi connectivity index (χ2n) is 10.5. The van der Waals surface area contributed by atoms with E-state index < -0.39 is 24.2 Å². The van der Waals surface area contributed by atoms with Crippen LogP contribution in [0.2, 0.25) is 10.0 Å². The van der Waals surface area contributed by atoms with E-state index in [0.29, 0.717) is 29.9 Å². The second-order valence-corrected chi connectivity index (χ2v) is 11.3. The van der Waals surface area contributed by atoms with Crippen LogP contribution in [0.4, 0.5) is 28.2 Å². The zero-order valence-corrected chi connectivity index (χ0v) is 24.5. The van der Waals surface area contributed by atoms with Crippen molar-refractivity contribution in [2.24, 2.45) is 5.92 Å². The lowest BCUT2D eigenvalue weighted by Crippen LogP contribution is -2.56. The van der Waals surface area contributed by atoms with Crippen LogP contribution < -0.4 is 14.4 Å². The number of rotatable bonds is 3. The summed E-state index contributed by atoms with van der Waals surface area (Å²) >= 11 is 13.1. The number of amides is 1. The standard InChI is InChI=1S/C27H23Cl2F4N7O4/c1-12-9-39-13(8-15(12)38(2)26(42)40-11-36-25(37-40)44-27(31,32)33)6-7-43-23-19-22(34-10-35-24(19)39)21(30)18(20(23)29)17-14(28)4-3-5-16(17)41/h3-5,10-13,15,41H,6-9H2,1-2H3/t12-,13+,15?/m1/s1. The Balaban J connectivity index is 1.34. The Morgan fingerprint density at radius 1 is 1.20 bits per heavy atom. The molecule has 0 radical (unpaired) electrons. The molecule has 0 bridgehead atoms. The predicted molar refractivity (Wildman–Crippen MR) is 151 cm³/mol. The molecule has 44 heavy (non-hydrogen) atoms. The summed E-state index contributed by atoms with van der Waals surface area (Å²) in [5.41, 5.74) is -0.220. The molecule has 2 aliphatic heterocycles. The fourth-order valence-electron chi connectivity index (χ4n) is 5.91. The van der Waals surface area contributed by atoms with Crippen LogP contribution in [0.1, 0.15) is 19.8 Å². The highest BCUT2D eigenvalue weighted by Crippen LogP contribution is 2.50. The normalized spacial score (nSPS) is 20.0. The van der Waals surface area contributed by atoms with Crippen molar-refractivity contribution in [3.63, 3.8) is 0 Å². The molecule has 0 aliphatic carbocycles. The number of phenols is 1. The Hall–Kier alpha value is -4.11. The molecular weight excluding hydrogens is 633 g/mol. The molecule has 2 aliphatic rings. The third kappa shape index (κ3) is 5.17. The van der Waals surface area contributed by atoms with Crippen LogP contribution in [0.5, 0.6) is 17.5 Å². The monoisotopic (exact) mass is 655 g/mol. The molecule has 2 aromatic heterocycles. The van der Waals surface area contributed by atoms with E-state index in [4.69, 9.17) is 27.9 Å². The van der Waals surface area contributed by atoms with Crippen LogP contribution in [0.25, 0.3) is 22.0 Å². The smallest absolute Gasteiger partial charge is 0.507 e. The van der Waals surface area contributed by atoms with Crippen molar-refractivity contribution in [3.05, 3.63) is 46.7 Å². The zero-order valence-electron chi connectivity index (χ0n) is 23.0. The zero-order chi connectivity index (χ0) is 31.5. The number of benzene rings is 2. The van der Waals surface area contributed by atoms with E-state index in [2.05, 4.69) is 24.8 Å². The van der Waals surface area contributed by atoms with Gasteiger partial charge >= 0.3 is 18.4 Å². The largest absolute Gasteiger partial charge is 0.575 e. The molecule has 11 nitrogen and oxygen atoms in total. The number of hydrogen-bond donors (Lipinski definition) is 1.